The van der Waals surface area contributed by atoms with E-state index in [-0.39, 0.29) is 45.6 Å². The number of sulfonamides is 1. The van der Waals surface area contributed by atoms with Crippen molar-refractivity contribution in [2.75, 3.05) is 18.5 Å². The van der Waals surface area contributed by atoms with Crippen LogP contribution in [0.15, 0.2) is 102 Å². The first-order valence-electron chi connectivity index (χ1n) is 12.8. The van der Waals surface area contributed by atoms with Crippen LogP contribution in [0.1, 0.15) is 37.4 Å². The Kier molecular flexibility index (Phi) is 8.30. The average molecular weight is 589 g/mol. The van der Waals surface area contributed by atoms with Crippen molar-refractivity contribution in [2.45, 2.75) is 17.9 Å². The zero-order chi connectivity index (χ0) is 29.0. The van der Waals surface area contributed by atoms with Crippen molar-refractivity contribution in [1.82, 2.24) is 4.31 Å². The summed E-state index contributed by atoms with van der Waals surface area (Å²) in [5.74, 6) is -1.84. The standard InChI is InChI=1S/C31H25ClN2O6S/c32-26-15-14-23(18-28(26)41(38,39)34-17-16-21-8-4-5-11-24(21)19-34)31(37)40-20-29(35)33-27-13-7-6-12-25(27)30(36)22-9-2-1-3-10-22/h1-15,18H,16-17,19-20H2,(H,33,35). The SMILES string of the molecule is O=C(COC(=O)c1ccc(Cl)c(S(=O)(=O)N2CCc3ccccc3C2)c1)Nc1ccccc1C(=O)c1ccccc1. The van der Waals surface area contributed by atoms with Gasteiger partial charge in [0.25, 0.3) is 5.91 Å². The fraction of sp³-hybridized carbons (Fsp3) is 0.129. The summed E-state index contributed by atoms with van der Waals surface area (Å²) in [4.78, 5) is 38.1. The minimum absolute atomic E-state index is 0.0298. The first-order chi connectivity index (χ1) is 19.7. The molecule has 0 aliphatic carbocycles. The van der Waals surface area contributed by atoms with Crippen molar-refractivity contribution in [3.63, 3.8) is 0 Å². The second kappa shape index (κ2) is 12.1. The van der Waals surface area contributed by atoms with E-state index in [1.807, 2.05) is 24.3 Å². The van der Waals surface area contributed by atoms with Gasteiger partial charge in [0, 0.05) is 24.2 Å². The maximum absolute atomic E-state index is 13.4. The Morgan fingerprint density at radius 1 is 0.829 bits per heavy atom. The van der Waals surface area contributed by atoms with Crippen LogP contribution in [0.4, 0.5) is 5.69 Å². The molecule has 0 bridgehead atoms. The molecule has 0 fully saturated rings. The second-order valence-corrected chi connectivity index (χ2v) is 11.7. The Morgan fingerprint density at radius 3 is 2.29 bits per heavy atom. The molecule has 0 atom stereocenters. The normalized spacial score (nSPS) is 13.2. The average Bonchev–Trinajstić information content (AvgIpc) is 3.00. The van der Waals surface area contributed by atoms with Crippen molar-refractivity contribution in [3.05, 3.63) is 130 Å². The third kappa shape index (κ3) is 6.22. The Labute approximate surface area is 242 Å². The summed E-state index contributed by atoms with van der Waals surface area (Å²) in [5, 5.41) is 2.57. The van der Waals surface area contributed by atoms with E-state index < -0.39 is 28.5 Å². The third-order valence-electron chi connectivity index (χ3n) is 6.70. The van der Waals surface area contributed by atoms with Crippen LogP contribution in [0, 0.1) is 0 Å². The van der Waals surface area contributed by atoms with Crippen molar-refractivity contribution < 1.29 is 27.5 Å². The molecule has 1 N–H and O–H groups in total. The smallest absolute Gasteiger partial charge is 0.338 e. The molecule has 0 aromatic heterocycles. The Hall–Kier alpha value is -4.31. The maximum Gasteiger partial charge on any atom is 0.338 e. The van der Waals surface area contributed by atoms with Gasteiger partial charge in [-0.3, -0.25) is 9.59 Å². The van der Waals surface area contributed by atoms with E-state index in [2.05, 4.69) is 5.32 Å². The van der Waals surface area contributed by atoms with Crippen molar-refractivity contribution in [2.24, 2.45) is 0 Å². The predicted octanol–water partition coefficient (Wildman–Crippen LogP) is 5.11. The van der Waals surface area contributed by atoms with E-state index in [0.29, 0.717) is 12.0 Å². The van der Waals surface area contributed by atoms with Gasteiger partial charge in [-0.2, -0.15) is 4.31 Å². The lowest BCUT2D eigenvalue weighted by atomic mass is 10.0. The van der Waals surface area contributed by atoms with Gasteiger partial charge >= 0.3 is 5.97 Å². The molecule has 1 aliphatic heterocycles. The molecule has 1 aliphatic rings. The number of halogens is 1. The van der Waals surface area contributed by atoms with Crippen LogP contribution in [-0.2, 0) is 32.5 Å². The number of amides is 1. The van der Waals surface area contributed by atoms with E-state index in [1.54, 1.807) is 54.6 Å². The molecule has 41 heavy (non-hydrogen) atoms. The summed E-state index contributed by atoms with van der Waals surface area (Å²) >= 11 is 6.26. The Bertz CT molecular complexity index is 1740. The quantitative estimate of drug-likeness (QED) is 0.226. The van der Waals surface area contributed by atoms with E-state index in [0.717, 1.165) is 17.2 Å². The summed E-state index contributed by atoms with van der Waals surface area (Å²) in [7, 11) is -4.02. The molecule has 8 nitrogen and oxygen atoms in total. The highest BCUT2D eigenvalue weighted by Gasteiger charge is 2.31. The number of hydrogen-bond donors (Lipinski definition) is 1. The fourth-order valence-corrected chi connectivity index (χ4v) is 6.50. The van der Waals surface area contributed by atoms with Crippen LogP contribution >= 0.6 is 11.6 Å². The molecule has 0 unspecified atom stereocenters. The van der Waals surface area contributed by atoms with Crippen LogP contribution in [0.5, 0.6) is 0 Å². The first-order valence-corrected chi connectivity index (χ1v) is 14.6. The number of carbonyl (C=O) groups excluding carboxylic acids is 3. The molecule has 0 saturated carbocycles. The number of ketones is 1. The minimum atomic E-state index is -4.02. The van der Waals surface area contributed by atoms with Gasteiger partial charge in [0.1, 0.15) is 4.90 Å². The summed E-state index contributed by atoms with van der Waals surface area (Å²) in [6.45, 7) is -0.184. The number of esters is 1. The monoisotopic (exact) mass is 588 g/mol. The van der Waals surface area contributed by atoms with Gasteiger partial charge < -0.3 is 10.1 Å². The van der Waals surface area contributed by atoms with Gasteiger partial charge in [-0.05, 0) is 47.9 Å². The Balaban J connectivity index is 1.26. The van der Waals surface area contributed by atoms with Crippen LogP contribution in [0.2, 0.25) is 5.02 Å². The molecule has 1 heterocycles. The molecule has 0 spiro atoms. The lowest BCUT2D eigenvalue weighted by Gasteiger charge is -2.28. The number of benzene rings is 4. The molecule has 5 rings (SSSR count). The van der Waals surface area contributed by atoms with Crippen molar-refractivity contribution in [3.8, 4) is 0 Å². The highest BCUT2D eigenvalue weighted by molar-refractivity contribution is 7.89. The van der Waals surface area contributed by atoms with Gasteiger partial charge in [0.2, 0.25) is 10.0 Å². The highest BCUT2D eigenvalue weighted by Crippen LogP contribution is 2.30. The van der Waals surface area contributed by atoms with Crippen LogP contribution in [0.3, 0.4) is 0 Å². The fourth-order valence-electron chi connectivity index (χ4n) is 4.58. The van der Waals surface area contributed by atoms with Crippen molar-refractivity contribution in [1.29, 1.82) is 0 Å². The number of nitrogens with one attached hydrogen (secondary N) is 1. The summed E-state index contributed by atoms with van der Waals surface area (Å²) < 4.78 is 33.4. The zero-order valence-corrected chi connectivity index (χ0v) is 23.3. The predicted molar refractivity (Wildman–Crippen MR) is 154 cm³/mol. The molecule has 0 radical (unpaired) electrons. The van der Waals surface area contributed by atoms with Gasteiger partial charge in [-0.25, -0.2) is 13.2 Å². The molecule has 4 aromatic carbocycles. The largest absolute Gasteiger partial charge is 0.452 e. The van der Waals surface area contributed by atoms with Gasteiger partial charge in [-0.1, -0.05) is 78.3 Å². The molecular formula is C31H25ClN2O6S. The zero-order valence-electron chi connectivity index (χ0n) is 21.7. The number of carbonyl (C=O) groups is 3. The number of nitrogens with zero attached hydrogens (tertiary/aromatic N) is 1. The third-order valence-corrected chi connectivity index (χ3v) is 9.02. The minimum Gasteiger partial charge on any atom is -0.452 e. The lowest BCUT2D eigenvalue weighted by molar-refractivity contribution is -0.119. The molecule has 10 heteroatoms. The van der Waals surface area contributed by atoms with E-state index in [1.165, 1.54) is 16.4 Å². The van der Waals surface area contributed by atoms with Crippen LogP contribution in [0.25, 0.3) is 0 Å². The van der Waals surface area contributed by atoms with Crippen molar-refractivity contribution >= 4 is 45.0 Å². The van der Waals surface area contributed by atoms with E-state index in [9.17, 15) is 22.8 Å². The van der Waals surface area contributed by atoms with Gasteiger partial charge in [0.15, 0.2) is 12.4 Å². The maximum atomic E-state index is 13.4. The first kappa shape index (κ1) is 28.2. The number of fused-ring (bicyclic) bond motifs is 1. The number of ether oxygens (including phenoxy) is 1. The van der Waals surface area contributed by atoms with E-state index >= 15 is 0 Å². The number of anilines is 1. The second-order valence-electron chi connectivity index (χ2n) is 9.37. The van der Waals surface area contributed by atoms with Crippen LogP contribution in [-0.4, -0.2) is 43.5 Å². The molecular weight excluding hydrogens is 564 g/mol. The van der Waals surface area contributed by atoms with Gasteiger partial charge in [0.05, 0.1) is 16.3 Å². The molecule has 208 valence electrons. The summed E-state index contributed by atoms with van der Waals surface area (Å²) in [6.07, 6.45) is 0.559. The number of rotatable bonds is 8. The highest BCUT2D eigenvalue weighted by atomic mass is 35.5. The van der Waals surface area contributed by atoms with Gasteiger partial charge in [-0.15, -0.1) is 0 Å². The van der Waals surface area contributed by atoms with Crippen LogP contribution < -0.4 is 5.32 Å². The molecule has 0 saturated heterocycles. The number of hydrogen-bond acceptors (Lipinski definition) is 6. The molecule has 4 aromatic rings. The summed E-state index contributed by atoms with van der Waals surface area (Å²) in [6, 6.07) is 26.6. The lowest BCUT2D eigenvalue weighted by Crippen LogP contribution is -2.36. The van der Waals surface area contributed by atoms with E-state index in [4.69, 9.17) is 16.3 Å². The topological polar surface area (TPSA) is 110 Å². The summed E-state index contributed by atoms with van der Waals surface area (Å²) in [5.41, 5.74) is 2.94. The Morgan fingerprint density at radius 2 is 1.51 bits per heavy atom. The number of para-hydroxylation sites is 1. The molecule has 1 amide bonds.